The predicted octanol–water partition coefficient (Wildman–Crippen LogP) is 2.23. The van der Waals surface area contributed by atoms with Gasteiger partial charge in [-0.05, 0) is 27.7 Å². The Morgan fingerprint density at radius 3 is 2.38 bits per heavy atom. The molecule has 0 aromatic carbocycles. The molecule has 0 aliphatic carbocycles. The van der Waals surface area contributed by atoms with Crippen LogP contribution in [0.2, 0.25) is 0 Å². The molecular weight excluding hydrogens is 228 g/mol. The Hall–Kier alpha value is -1.14. The molecule has 1 aromatic heterocycles. The largest absolute Gasteiger partial charge is 0.465 e. The van der Waals surface area contributed by atoms with Crippen molar-refractivity contribution in [2.45, 2.75) is 39.8 Å². The fourth-order valence-electron chi connectivity index (χ4n) is 1.31. The third-order valence-electron chi connectivity index (χ3n) is 2.08. The van der Waals surface area contributed by atoms with Crippen molar-refractivity contribution in [2.75, 3.05) is 4.90 Å². The van der Waals surface area contributed by atoms with Crippen LogP contribution in [0.15, 0.2) is 0 Å². The Morgan fingerprint density at radius 1 is 1.50 bits per heavy atom. The van der Waals surface area contributed by atoms with Crippen LogP contribution in [0.4, 0.5) is 9.93 Å². The molecule has 1 aromatic rings. The van der Waals surface area contributed by atoms with E-state index in [1.165, 1.54) is 16.2 Å². The SMILES string of the molecule is Cc1nc(N(C(=O)O)C(C)(C)C)sc1CO. The van der Waals surface area contributed by atoms with Crippen LogP contribution in [0.3, 0.4) is 0 Å². The van der Waals surface area contributed by atoms with Gasteiger partial charge in [-0.3, -0.25) is 0 Å². The quantitative estimate of drug-likeness (QED) is 0.836. The Balaban J connectivity index is 3.17. The molecule has 6 heteroatoms. The lowest BCUT2D eigenvalue weighted by Gasteiger charge is -2.30. The summed E-state index contributed by atoms with van der Waals surface area (Å²) in [6.07, 6.45) is -1.04. The normalized spacial score (nSPS) is 11.6. The van der Waals surface area contributed by atoms with Gasteiger partial charge in [0, 0.05) is 5.54 Å². The van der Waals surface area contributed by atoms with Gasteiger partial charge in [-0.25, -0.2) is 14.7 Å². The number of carbonyl (C=O) groups is 1. The van der Waals surface area contributed by atoms with E-state index in [4.69, 9.17) is 10.2 Å². The minimum absolute atomic E-state index is 0.110. The highest BCUT2D eigenvalue weighted by Crippen LogP contribution is 2.30. The van der Waals surface area contributed by atoms with Crippen LogP contribution in [-0.2, 0) is 6.61 Å². The van der Waals surface area contributed by atoms with E-state index in [1.807, 2.05) is 0 Å². The number of aromatic nitrogens is 1. The maximum Gasteiger partial charge on any atom is 0.414 e. The summed E-state index contributed by atoms with van der Waals surface area (Å²) >= 11 is 1.21. The molecule has 2 N–H and O–H groups in total. The zero-order valence-electron chi connectivity index (χ0n) is 9.81. The van der Waals surface area contributed by atoms with Gasteiger partial charge in [-0.2, -0.15) is 0 Å². The zero-order valence-corrected chi connectivity index (χ0v) is 10.6. The molecule has 16 heavy (non-hydrogen) atoms. The van der Waals surface area contributed by atoms with Crippen LogP contribution in [0.1, 0.15) is 31.3 Å². The summed E-state index contributed by atoms with van der Waals surface area (Å²) < 4.78 is 0. The first kappa shape index (κ1) is 12.9. The number of aliphatic hydroxyl groups is 1. The van der Waals surface area contributed by atoms with E-state index in [0.717, 1.165) is 0 Å². The van der Waals surface area contributed by atoms with Gasteiger partial charge in [0.25, 0.3) is 0 Å². The molecule has 0 aliphatic rings. The van der Waals surface area contributed by atoms with Crippen molar-refractivity contribution in [2.24, 2.45) is 0 Å². The third kappa shape index (κ3) is 2.51. The molecule has 0 saturated heterocycles. The average Bonchev–Trinajstić information content (AvgIpc) is 2.43. The first-order valence-corrected chi connectivity index (χ1v) is 5.69. The van der Waals surface area contributed by atoms with E-state index < -0.39 is 11.6 Å². The lowest BCUT2D eigenvalue weighted by atomic mass is 10.1. The third-order valence-corrected chi connectivity index (χ3v) is 3.21. The number of amides is 1. The molecule has 0 fully saturated rings. The summed E-state index contributed by atoms with van der Waals surface area (Å²) in [5, 5.41) is 18.6. The first-order valence-electron chi connectivity index (χ1n) is 4.87. The summed E-state index contributed by atoms with van der Waals surface area (Å²) in [5.74, 6) is 0. The number of thiazole rings is 1. The van der Waals surface area contributed by atoms with E-state index in [2.05, 4.69) is 4.98 Å². The molecule has 1 rings (SSSR count). The van der Waals surface area contributed by atoms with Crippen LogP contribution < -0.4 is 4.90 Å². The number of aliphatic hydroxyl groups excluding tert-OH is 1. The summed E-state index contributed by atoms with van der Waals surface area (Å²) in [6, 6.07) is 0. The molecule has 0 saturated carbocycles. The van der Waals surface area contributed by atoms with Gasteiger partial charge in [-0.1, -0.05) is 11.3 Å². The molecule has 0 bridgehead atoms. The number of rotatable bonds is 2. The second-order valence-corrected chi connectivity index (χ2v) is 5.51. The number of nitrogens with zero attached hydrogens (tertiary/aromatic N) is 2. The number of anilines is 1. The van der Waals surface area contributed by atoms with Crippen molar-refractivity contribution in [1.29, 1.82) is 0 Å². The molecule has 1 amide bonds. The van der Waals surface area contributed by atoms with Crippen LogP contribution in [-0.4, -0.2) is 26.8 Å². The first-order chi connectivity index (χ1) is 7.27. The fourth-order valence-corrected chi connectivity index (χ4v) is 2.41. The van der Waals surface area contributed by atoms with E-state index in [9.17, 15) is 4.79 Å². The van der Waals surface area contributed by atoms with Gasteiger partial charge in [0.05, 0.1) is 17.2 Å². The lowest BCUT2D eigenvalue weighted by molar-refractivity contribution is 0.195. The van der Waals surface area contributed by atoms with Gasteiger partial charge < -0.3 is 10.2 Å². The number of aryl methyl sites for hydroxylation is 1. The van der Waals surface area contributed by atoms with E-state index in [0.29, 0.717) is 15.7 Å². The van der Waals surface area contributed by atoms with Crippen molar-refractivity contribution < 1.29 is 15.0 Å². The lowest BCUT2D eigenvalue weighted by Crippen LogP contribution is -2.45. The Kier molecular flexibility index (Phi) is 3.54. The Bertz CT molecular complexity index is 395. The Labute approximate surface area is 98.4 Å². The van der Waals surface area contributed by atoms with E-state index in [1.54, 1.807) is 27.7 Å². The highest BCUT2D eigenvalue weighted by molar-refractivity contribution is 7.15. The van der Waals surface area contributed by atoms with Gasteiger partial charge in [0.15, 0.2) is 5.13 Å². The minimum atomic E-state index is -1.04. The number of hydrogen-bond donors (Lipinski definition) is 2. The molecular formula is C10H16N2O3S. The summed E-state index contributed by atoms with van der Waals surface area (Å²) in [6.45, 7) is 7.05. The van der Waals surface area contributed by atoms with Crippen LogP contribution in [0.25, 0.3) is 0 Å². The average molecular weight is 244 g/mol. The highest BCUT2D eigenvalue weighted by atomic mass is 32.1. The molecule has 0 aliphatic heterocycles. The zero-order chi connectivity index (χ0) is 12.5. The molecule has 0 atom stereocenters. The maximum absolute atomic E-state index is 11.2. The molecule has 90 valence electrons. The van der Waals surface area contributed by atoms with E-state index in [-0.39, 0.29) is 6.61 Å². The number of hydrogen-bond acceptors (Lipinski definition) is 4. The van der Waals surface area contributed by atoms with Crippen molar-refractivity contribution in [1.82, 2.24) is 4.98 Å². The highest BCUT2D eigenvalue weighted by Gasteiger charge is 2.30. The van der Waals surface area contributed by atoms with Crippen molar-refractivity contribution >= 4 is 22.6 Å². The van der Waals surface area contributed by atoms with Crippen LogP contribution in [0, 0.1) is 6.92 Å². The molecule has 1 heterocycles. The topological polar surface area (TPSA) is 73.7 Å². The minimum Gasteiger partial charge on any atom is -0.465 e. The monoisotopic (exact) mass is 244 g/mol. The second kappa shape index (κ2) is 4.39. The van der Waals surface area contributed by atoms with Crippen LogP contribution in [0.5, 0.6) is 0 Å². The summed E-state index contributed by atoms with van der Waals surface area (Å²) in [5.41, 5.74) is 0.126. The van der Waals surface area contributed by atoms with Crippen molar-refractivity contribution in [3.05, 3.63) is 10.6 Å². The molecule has 0 spiro atoms. The molecule has 0 unspecified atom stereocenters. The van der Waals surface area contributed by atoms with Gasteiger partial charge in [-0.15, -0.1) is 0 Å². The van der Waals surface area contributed by atoms with Gasteiger partial charge in [0.2, 0.25) is 0 Å². The van der Waals surface area contributed by atoms with E-state index >= 15 is 0 Å². The predicted molar refractivity (Wildman–Crippen MR) is 63.0 cm³/mol. The van der Waals surface area contributed by atoms with Gasteiger partial charge in [0.1, 0.15) is 0 Å². The van der Waals surface area contributed by atoms with Crippen molar-refractivity contribution in [3.8, 4) is 0 Å². The maximum atomic E-state index is 11.2. The summed E-state index contributed by atoms with van der Waals surface area (Å²) in [7, 11) is 0. The fraction of sp³-hybridized carbons (Fsp3) is 0.600. The van der Waals surface area contributed by atoms with Crippen LogP contribution >= 0.6 is 11.3 Å². The molecule has 0 radical (unpaired) electrons. The standard InChI is InChI=1S/C10H16N2O3S/c1-6-7(5-13)16-8(11-6)12(9(14)15)10(2,3)4/h13H,5H2,1-4H3,(H,14,15). The number of carboxylic acid groups (broad SMARTS) is 1. The van der Waals surface area contributed by atoms with Gasteiger partial charge >= 0.3 is 6.09 Å². The Morgan fingerprint density at radius 2 is 2.06 bits per heavy atom. The summed E-state index contributed by atoms with van der Waals surface area (Å²) in [4.78, 5) is 17.3. The van der Waals surface area contributed by atoms with Crippen molar-refractivity contribution in [3.63, 3.8) is 0 Å². The second-order valence-electron chi connectivity index (χ2n) is 4.45. The smallest absolute Gasteiger partial charge is 0.414 e. The molecule has 5 nitrogen and oxygen atoms in total.